The van der Waals surface area contributed by atoms with Gasteiger partial charge in [-0.05, 0) is 53.1 Å². The molecule has 0 aliphatic carbocycles. The van der Waals surface area contributed by atoms with Crippen molar-refractivity contribution in [3.63, 3.8) is 0 Å². The summed E-state index contributed by atoms with van der Waals surface area (Å²) in [6.45, 7) is 11.7. The van der Waals surface area contributed by atoms with Gasteiger partial charge in [-0.2, -0.15) is 0 Å². The lowest BCUT2D eigenvalue weighted by Gasteiger charge is -2.39. The van der Waals surface area contributed by atoms with E-state index in [1.807, 2.05) is 0 Å². The molecule has 2 atom stereocenters. The summed E-state index contributed by atoms with van der Waals surface area (Å²) in [5, 5.41) is 3.52. The summed E-state index contributed by atoms with van der Waals surface area (Å²) < 4.78 is 0. The van der Waals surface area contributed by atoms with Crippen molar-refractivity contribution < 1.29 is 0 Å². The highest BCUT2D eigenvalue weighted by Crippen LogP contribution is 2.18. The first-order valence-electron chi connectivity index (χ1n) is 6.14. The molecule has 2 unspecified atom stereocenters. The van der Waals surface area contributed by atoms with Gasteiger partial charge in [0.15, 0.2) is 0 Å². The first-order chi connectivity index (χ1) is 6.65. The van der Waals surface area contributed by atoms with E-state index >= 15 is 0 Å². The SMILES string of the molecule is CCCN(C(C)C)C1CCNC(C)C1. The third-order valence-electron chi connectivity index (χ3n) is 3.21. The van der Waals surface area contributed by atoms with Gasteiger partial charge in [0, 0.05) is 18.1 Å². The molecule has 0 aromatic rings. The van der Waals surface area contributed by atoms with Crippen LogP contribution in [0.25, 0.3) is 0 Å². The lowest BCUT2D eigenvalue weighted by molar-refractivity contribution is 0.114. The minimum Gasteiger partial charge on any atom is -0.314 e. The molecular formula is C12H26N2. The molecule has 0 amide bonds. The van der Waals surface area contributed by atoms with Gasteiger partial charge < -0.3 is 5.32 Å². The van der Waals surface area contributed by atoms with Gasteiger partial charge in [0.2, 0.25) is 0 Å². The van der Waals surface area contributed by atoms with E-state index in [0.29, 0.717) is 12.1 Å². The molecule has 0 aromatic heterocycles. The van der Waals surface area contributed by atoms with Gasteiger partial charge in [-0.15, -0.1) is 0 Å². The Morgan fingerprint density at radius 1 is 1.43 bits per heavy atom. The third kappa shape index (κ3) is 3.25. The van der Waals surface area contributed by atoms with Crippen LogP contribution < -0.4 is 5.32 Å². The Morgan fingerprint density at radius 3 is 2.64 bits per heavy atom. The van der Waals surface area contributed by atoms with Crippen molar-refractivity contribution in [2.24, 2.45) is 0 Å². The van der Waals surface area contributed by atoms with Gasteiger partial charge in [-0.3, -0.25) is 4.90 Å². The molecule has 1 rings (SSSR count). The van der Waals surface area contributed by atoms with Gasteiger partial charge in [-0.25, -0.2) is 0 Å². The maximum absolute atomic E-state index is 3.52. The van der Waals surface area contributed by atoms with E-state index in [2.05, 4.69) is 37.9 Å². The minimum atomic E-state index is 0.699. The smallest absolute Gasteiger partial charge is 0.0125 e. The fraction of sp³-hybridized carbons (Fsp3) is 1.00. The monoisotopic (exact) mass is 198 g/mol. The Morgan fingerprint density at radius 2 is 2.14 bits per heavy atom. The van der Waals surface area contributed by atoms with Crippen molar-refractivity contribution in [2.45, 2.75) is 65.1 Å². The number of piperidine rings is 1. The van der Waals surface area contributed by atoms with E-state index in [9.17, 15) is 0 Å². The zero-order chi connectivity index (χ0) is 10.6. The van der Waals surface area contributed by atoms with E-state index in [0.717, 1.165) is 6.04 Å². The number of rotatable bonds is 4. The van der Waals surface area contributed by atoms with Gasteiger partial charge in [0.25, 0.3) is 0 Å². The van der Waals surface area contributed by atoms with E-state index in [4.69, 9.17) is 0 Å². The fourth-order valence-corrected chi connectivity index (χ4v) is 2.53. The van der Waals surface area contributed by atoms with Crippen LogP contribution in [0, 0.1) is 0 Å². The summed E-state index contributed by atoms with van der Waals surface area (Å²) in [6, 6.07) is 2.21. The molecule has 1 fully saturated rings. The van der Waals surface area contributed by atoms with Gasteiger partial charge >= 0.3 is 0 Å². The summed E-state index contributed by atoms with van der Waals surface area (Å²) in [5.41, 5.74) is 0. The second kappa shape index (κ2) is 5.72. The molecule has 0 saturated carbocycles. The average molecular weight is 198 g/mol. The Labute approximate surface area is 89.1 Å². The summed E-state index contributed by atoms with van der Waals surface area (Å²) >= 11 is 0. The highest BCUT2D eigenvalue weighted by atomic mass is 15.2. The van der Waals surface area contributed by atoms with Crippen molar-refractivity contribution >= 4 is 0 Å². The predicted octanol–water partition coefficient (Wildman–Crippen LogP) is 2.25. The molecule has 14 heavy (non-hydrogen) atoms. The molecular weight excluding hydrogens is 172 g/mol. The Hall–Kier alpha value is -0.0800. The van der Waals surface area contributed by atoms with Gasteiger partial charge in [0.1, 0.15) is 0 Å². The molecule has 1 N–H and O–H groups in total. The van der Waals surface area contributed by atoms with Crippen molar-refractivity contribution in [1.82, 2.24) is 10.2 Å². The molecule has 1 aliphatic heterocycles. The van der Waals surface area contributed by atoms with E-state index in [1.54, 1.807) is 0 Å². The van der Waals surface area contributed by atoms with Crippen molar-refractivity contribution in [3.05, 3.63) is 0 Å². The largest absolute Gasteiger partial charge is 0.314 e. The van der Waals surface area contributed by atoms with Gasteiger partial charge in [-0.1, -0.05) is 6.92 Å². The molecule has 0 bridgehead atoms. The van der Waals surface area contributed by atoms with Crippen LogP contribution in [0.2, 0.25) is 0 Å². The summed E-state index contributed by atoms with van der Waals surface area (Å²) in [5.74, 6) is 0. The van der Waals surface area contributed by atoms with Crippen LogP contribution in [0.3, 0.4) is 0 Å². The van der Waals surface area contributed by atoms with Crippen LogP contribution in [0.1, 0.15) is 47.0 Å². The number of hydrogen-bond acceptors (Lipinski definition) is 2. The van der Waals surface area contributed by atoms with Gasteiger partial charge in [0.05, 0.1) is 0 Å². The van der Waals surface area contributed by atoms with E-state index in [1.165, 1.54) is 32.4 Å². The van der Waals surface area contributed by atoms with Crippen LogP contribution in [-0.2, 0) is 0 Å². The molecule has 0 radical (unpaired) electrons. The van der Waals surface area contributed by atoms with Crippen LogP contribution in [-0.4, -0.2) is 36.1 Å². The van der Waals surface area contributed by atoms with E-state index in [-0.39, 0.29) is 0 Å². The highest BCUT2D eigenvalue weighted by Gasteiger charge is 2.25. The summed E-state index contributed by atoms with van der Waals surface area (Å²) in [6.07, 6.45) is 3.91. The highest BCUT2D eigenvalue weighted by molar-refractivity contribution is 4.83. The first kappa shape index (κ1) is 12.0. The molecule has 84 valence electrons. The molecule has 1 saturated heterocycles. The predicted molar refractivity (Wildman–Crippen MR) is 62.6 cm³/mol. The Balaban J connectivity index is 2.48. The van der Waals surface area contributed by atoms with Crippen LogP contribution >= 0.6 is 0 Å². The number of nitrogens with one attached hydrogen (secondary N) is 1. The lowest BCUT2D eigenvalue weighted by Crippen LogP contribution is -2.49. The zero-order valence-electron chi connectivity index (χ0n) is 10.2. The lowest BCUT2D eigenvalue weighted by atomic mass is 9.97. The third-order valence-corrected chi connectivity index (χ3v) is 3.21. The number of nitrogens with zero attached hydrogens (tertiary/aromatic N) is 1. The first-order valence-corrected chi connectivity index (χ1v) is 6.14. The molecule has 2 nitrogen and oxygen atoms in total. The molecule has 1 aliphatic rings. The summed E-state index contributed by atoms with van der Waals surface area (Å²) in [4.78, 5) is 2.68. The molecule has 0 spiro atoms. The molecule has 0 aromatic carbocycles. The normalized spacial score (nSPS) is 28.7. The van der Waals surface area contributed by atoms with Crippen molar-refractivity contribution in [3.8, 4) is 0 Å². The van der Waals surface area contributed by atoms with Crippen molar-refractivity contribution in [2.75, 3.05) is 13.1 Å². The quantitative estimate of drug-likeness (QED) is 0.745. The fourth-order valence-electron chi connectivity index (χ4n) is 2.53. The van der Waals surface area contributed by atoms with Crippen LogP contribution in [0.5, 0.6) is 0 Å². The minimum absolute atomic E-state index is 0.699. The Bertz CT molecular complexity index is 156. The maximum atomic E-state index is 3.52. The molecule has 1 heterocycles. The topological polar surface area (TPSA) is 15.3 Å². The van der Waals surface area contributed by atoms with Crippen LogP contribution in [0.15, 0.2) is 0 Å². The zero-order valence-corrected chi connectivity index (χ0v) is 10.2. The van der Waals surface area contributed by atoms with E-state index < -0.39 is 0 Å². The van der Waals surface area contributed by atoms with Crippen LogP contribution in [0.4, 0.5) is 0 Å². The second-order valence-corrected chi connectivity index (χ2v) is 4.86. The maximum Gasteiger partial charge on any atom is 0.0125 e. The Kier molecular flexibility index (Phi) is 4.90. The standard InChI is InChI=1S/C12H26N2/c1-5-8-14(10(2)3)12-6-7-13-11(4)9-12/h10-13H,5-9H2,1-4H3. The average Bonchev–Trinajstić information content (AvgIpc) is 2.13. The second-order valence-electron chi connectivity index (χ2n) is 4.86. The molecule has 2 heteroatoms. The van der Waals surface area contributed by atoms with Crippen molar-refractivity contribution in [1.29, 1.82) is 0 Å². The summed E-state index contributed by atoms with van der Waals surface area (Å²) in [7, 11) is 0. The number of hydrogen-bond donors (Lipinski definition) is 1.